The summed E-state index contributed by atoms with van der Waals surface area (Å²) in [5.41, 5.74) is -6.03. The third kappa shape index (κ3) is 2.81. The summed E-state index contributed by atoms with van der Waals surface area (Å²) in [6, 6.07) is 0. The van der Waals surface area contributed by atoms with Crippen molar-refractivity contribution in [3.63, 3.8) is 0 Å². The molecule has 28 heavy (non-hydrogen) atoms. The summed E-state index contributed by atoms with van der Waals surface area (Å²) in [7, 11) is 0. The van der Waals surface area contributed by atoms with Crippen molar-refractivity contribution in [1.29, 1.82) is 0 Å². The number of alkyl halides is 16. The summed E-state index contributed by atoms with van der Waals surface area (Å²) in [5, 5.41) is 0. The van der Waals surface area contributed by atoms with Crippen LogP contribution in [0.25, 0.3) is 0 Å². The largest absolute Gasteiger partial charge is 0.460 e. The van der Waals surface area contributed by atoms with E-state index in [2.05, 4.69) is 4.74 Å². The molecule has 0 bridgehead atoms. The number of ether oxygens (including phenoxy) is 1. The van der Waals surface area contributed by atoms with Crippen LogP contribution in [-0.2, 0) is 4.74 Å². The summed E-state index contributed by atoms with van der Waals surface area (Å²) in [6.45, 7) is -1.63. The van der Waals surface area contributed by atoms with Crippen molar-refractivity contribution in [2.75, 3.05) is 6.61 Å². The van der Waals surface area contributed by atoms with Crippen molar-refractivity contribution in [3.8, 4) is 0 Å². The van der Waals surface area contributed by atoms with Crippen LogP contribution in [-0.4, -0.2) is 54.2 Å². The monoisotopic (exact) mass is 458 g/mol. The minimum Gasteiger partial charge on any atom is -0.362 e. The molecule has 1 rings (SSSR count). The van der Waals surface area contributed by atoms with Gasteiger partial charge in [0.1, 0.15) is 0 Å². The predicted octanol–water partition coefficient (Wildman–Crippen LogP) is 5.84. The van der Waals surface area contributed by atoms with Gasteiger partial charge in [-0.25, -0.2) is 0 Å². The maximum absolute atomic E-state index is 14.0. The minimum atomic E-state index is -7.90. The first kappa shape index (κ1) is 24.9. The maximum atomic E-state index is 14.0. The lowest BCUT2D eigenvalue weighted by molar-refractivity contribution is -0.457. The van der Waals surface area contributed by atoms with Crippen LogP contribution in [0.4, 0.5) is 70.2 Å². The SMILES string of the molecule is FC(F)(F)C(F)(F)C(F)(F)C(F)(F)C1(C(F)(F)C(F)(F)C(F)(F)F)CCCO1. The van der Waals surface area contributed by atoms with Gasteiger partial charge in [0.2, 0.25) is 5.60 Å². The number of rotatable bonds is 5. The summed E-state index contributed by atoms with van der Waals surface area (Å²) in [5.74, 6) is -38.2. The minimum absolute atomic E-state index is 1.35. The fourth-order valence-electron chi connectivity index (χ4n) is 2.39. The molecule has 168 valence electrons. The Morgan fingerprint density at radius 3 is 1.14 bits per heavy atom. The summed E-state index contributed by atoms with van der Waals surface area (Å²) < 4.78 is 211. The Kier molecular flexibility index (Phi) is 5.48. The molecule has 0 amide bonds. The normalized spacial score (nSPS) is 24.0. The quantitative estimate of drug-likeness (QED) is 0.471. The first-order valence-corrected chi connectivity index (χ1v) is 6.62. The average Bonchev–Trinajstić information content (AvgIpc) is 2.95. The van der Waals surface area contributed by atoms with Gasteiger partial charge in [-0.2, -0.15) is 70.2 Å². The summed E-state index contributed by atoms with van der Waals surface area (Å²) >= 11 is 0. The first-order chi connectivity index (χ1) is 12.0. The lowest BCUT2D eigenvalue weighted by atomic mass is 9.77. The molecule has 0 radical (unpaired) electrons. The van der Waals surface area contributed by atoms with Crippen molar-refractivity contribution in [2.24, 2.45) is 0 Å². The Morgan fingerprint density at radius 1 is 0.500 bits per heavy atom. The van der Waals surface area contributed by atoms with E-state index in [4.69, 9.17) is 0 Å². The molecule has 0 saturated carbocycles. The Hall–Kier alpha value is -1.16. The molecule has 1 atom stereocenters. The molecule has 1 aliphatic heterocycles. The van der Waals surface area contributed by atoms with Gasteiger partial charge in [-0.3, -0.25) is 0 Å². The predicted molar refractivity (Wildman–Crippen MR) is 54.8 cm³/mol. The molecule has 17 heteroatoms. The van der Waals surface area contributed by atoms with Gasteiger partial charge in [-0.1, -0.05) is 0 Å². The molecule has 1 unspecified atom stereocenters. The van der Waals surface area contributed by atoms with Crippen LogP contribution in [0.1, 0.15) is 12.8 Å². The lowest BCUT2D eigenvalue weighted by Gasteiger charge is -2.47. The third-order valence-corrected chi connectivity index (χ3v) is 3.93. The van der Waals surface area contributed by atoms with Gasteiger partial charge in [0.25, 0.3) is 0 Å². The van der Waals surface area contributed by atoms with Crippen LogP contribution in [0.15, 0.2) is 0 Å². The standard InChI is InChI=1S/C11H6F16O/c12-5(13,7(16,17)9(20,21)11(25,26)27)4(2-1-3-28-4)6(14,15)8(18,19)10(22,23)24/h1-3H2. The van der Waals surface area contributed by atoms with Crippen molar-refractivity contribution in [3.05, 3.63) is 0 Å². The van der Waals surface area contributed by atoms with Crippen LogP contribution in [0.3, 0.4) is 0 Å². The topological polar surface area (TPSA) is 9.23 Å². The van der Waals surface area contributed by atoms with Gasteiger partial charge >= 0.3 is 42.0 Å². The average molecular weight is 458 g/mol. The molecule has 1 nitrogen and oxygen atoms in total. The molecule has 1 saturated heterocycles. The second-order valence-corrected chi connectivity index (χ2v) is 5.65. The van der Waals surface area contributed by atoms with E-state index in [0.29, 0.717) is 0 Å². The molecule has 0 aliphatic carbocycles. The van der Waals surface area contributed by atoms with Crippen LogP contribution < -0.4 is 0 Å². The second-order valence-electron chi connectivity index (χ2n) is 5.65. The Morgan fingerprint density at radius 2 is 0.857 bits per heavy atom. The van der Waals surface area contributed by atoms with Crippen LogP contribution >= 0.6 is 0 Å². The Bertz CT molecular complexity index is 578. The highest BCUT2D eigenvalue weighted by atomic mass is 19.4. The molecule has 1 fully saturated rings. The van der Waals surface area contributed by atoms with E-state index in [-0.39, 0.29) is 0 Å². The van der Waals surface area contributed by atoms with E-state index >= 15 is 0 Å². The zero-order chi connectivity index (χ0) is 22.8. The molecule has 0 spiro atoms. The van der Waals surface area contributed by atoms with Crippen LogP contribution in [0, 0.1) is 0 Å². The van der Waals surface area contributed by atoms with Crippen molar-refractivity contribution in [2.45, 2.75) is 60.4 Å². The maximum Gasteiger partial charge on any atom is 0.460 e. The second kappa shape index (κ2) is 6.17. The molecule has 0 aromatic rings. The van der Waals surface area contributed by atoms with Gasteiger partial charge in [-0.05, 0) is 12.8 Å². The molecule has 0 aromatic carbocycles. The first-order valence-electron chi connectivity index (χ1n) is 6.62. The van der Waals surface area contributed by atoms with E-state index in [0.717, 1.165) is 0 Å². The molecular weight excluding hydrogens is 452 g/mol. The van der Waals surface area contributed by atoms with Crippen molar-refractivity contribution >= 4 is 0 Å². The van der Waals surface area contributed by atoms with E-state index in [1.54, 1.807) is 0 Å². The molecular formula is C11H6F16O. The highest BCUT2D eigenvalue weighted by molar-refractivity contribution is 5.20. The van der Waals surface area contributed by atoms with E-state index in [1.165, 1.54) is 0 Å². The zero-order valence-electron chi connectivity index (χ0n) is 12.6. The summed E-state index contributed by atoms with van der Waals surface area (Å²) in [4.78, 5) is 0. The van der Waals surface area contributed by atoms with Crippen molar-refractivity contribution in [1.82, 2.24) is 0 Å². The zero-order valence-corrected chi connectivity index (χ0v) is 12.6. The summed E-state index contributed by atoms with van der Waals surface area (Å²) in [6.07, 6.45) is -18.8. The van der Waals surface area contributed by atoms with Gasteiger partial charge < -0.3 is 4.74 Å². The van der Waals surface area contributed by atoms with Gasteiger partial charge in [0, 0.05) is 6.61 Å². The highest BCUT2D eigenvalue weighted by Gasteiger charge is 2.94. The lowest BCUT2D eigenvalue weighted by Crippen LogP contribution is -2.77. The molecule has 1 aliphatic rings. The number of halogens is 16. The Balaban J connectivity index is 3.78. The fourth-order valence-corrected chi connectivity index (χ4v) is 2.39. The van der Waals surface area contributed by atoms with E-state index in [9.17, 15) is 70.2 Å². The van der Waals surface area contributed by atoms with Crippen LogP contribution in [0.2, 0.25) is 0 Å². The molecule has 0 N–H and O–H groups in total. The number of hydrogen-bond acceptors (Lipinski definition) is 1. The van der Waals surface area contributed by atoms with Gasteiger partial charge in [0.15, 0.2) is 0 Å². The van der Waals surface area contributed by atoms with Gasteiger partial charge in [-0.15, -0.1) is 0 Å². The Labute approximate surface area is 143 Å². The van der Waals surface area contributed by atoms with Crippen molar-refractivity contribution < 1.29 is 75.0 Å². The third-order valence-electron chi connectivity index (χ3n) is 3.93. The van der Waals surface area contributed by atoms with E-state index in [1.807, 2.05) is 0 Å². The molecule has 0 aromatic heterocycles. The number of hydrogen-bond donors (Lipinski definition) is 0. The highest BCUT2D eigenvalue weighted by Crippen LogP contribution is 2.65. The fraction of sp³-hybridized carbons (Fsp3) is 1.00. The smallest absolute Gasteiger partial charge is 0.362 e. The van der Waals surface area contributed by atoms with Crippen LogP contribution in [0.5, 0.6) is 0 Å². The molecule has 1 heterocycles. The van der Waals surface area contributed by atoms with Gasteiger partial charge in [0.05, 0.1) is 0 Å². The van der Waals surface area contributed by atoms with E-state index < -0.39 is 67.0 Å².